The molecule has 0 unspecified atom stereocenters. The van der Waals surface area contributed by atoms with Gasteiger partial charge >= 0.3 is 0 Å². The Morgan fingerprint density at radius 1 is 1.30 bits per heavy atom. The van der Waals surface area contributed by atoms with Crippen molar-refractivity contribution in [1.29, 1.82) is 0 Å². The topological polar surface area (TPSA) is 84.2 Å². The minimum Gasteiger partial charge on any atom is -0.366 e. The highest BCUT2D eigenvalue weighted by molar-refractivity contribution is 5.99. The molecular formula is C16H18N6O. The molecule has 0 saturated carbocycles. The van der Waals surface area contributed by atoms with E-state index in [1.165, 1.54) is 6.20 Å². The second-order valence-corrected chi connectivity index (χ2v) is 5.48. The van der Waals surface area contributed by atoms with Crippen molar-refractivity contribution in [1.82, 2.24) is 24.9 Å². The Morgan fingerprint density at radius 2 is 2.17 bits per heavy atom. The standard InChI is InChI=1S/C16H18N6O/c1-11(2)20-16(23)13-10-19-22-7-5-14(21-15(13)22)18-9-12-4-3-6-17-8-12/h3-8,10-11H,9H2,1-2H3,(H,18,21)(H,20,23). The average molecular weight is 310 g/mol. The van der Waals surface area contributed by atoms with Crippen LogP contribution in [-0.4, -0.2) is 31.5 Å². The highest BCUT2D eigenvalue weighted by Gasteiger charge is 2.15. The zero-order valence-electron chi connectivity index (χ0n) is 13.0. The number of aromatic nitrogens is 4. The Bertz CT molecular complexity index is 812. The number of hydrogen-bond acceptors (Lipinski definition) is 5. The Hall–Kier alpha value is -2.96. The summed E-state index contributed by atoms with van der Waals surface area (Å²) >= 11 is 0. The first-order valence-electron chi connectivity index (χ1n) is 7.41. The van der Waals surface area contributed by atoms with Crippen molar-refractivity contribution in [3.05, 3.63) is 54.1 Å². The molecule has 1 amide bonds. The molecule has 3 aromatic heterocycles. The van der Waals surface area contributed by atoms with Crippen LogP contribution in [0.5, 0.6) is 0 Å². The van der Waals surface area contributed by atoms with E-state index in [1.54, 1.807) is 23.1 Å². The van der Waals surface area contributed by atoms with Gasteiger partial charge in [-0.3, -0.25) is 9.78 Å². The van der Waals surface area contributed by atoms with Gasteiger partial charge in [0.2, 0.25) is 0 Å². The van der Waals surface area contributed by atoms with Gasteiger partial charge in [0.1, 0.15) is 11.4 Å². The van der Waals surface area contributed by atoms with Crippen LogP contribution in [0.1, 0.15) is 29.8 Å². The highest BCUT2D eigenvalue weighted by Crippen LogP contribution is 2.12. The predicted octanol–water partition coefficient (Wildman–Crippen LogP) is 1.87. The van der Waals surface area contributed by atoms with Crippen molar-refractivity contribution >= 4 is 17.4 Å². The summed E-state index contributed by atoms with van der Waals surface area (Å²) in [5, 5.41) is 10.2. The quantitative estimate of drug-likeness (QED) is 0.751. The van der Waals surface area contributed by atoms with E-state index in [9.17, 15) is 4.79 Å². The van der Waals surface area contributed by atoms with Crippen molar-refractivity contribution in [2.45, 2.75) is 26.4 Å². The van der Waals surface area contributed by atoms with E-state index in [0.29, 0.717) is 23.6 Å². The first-order valence-corrected chi connectivity index (χ1v) is 7.41. The number of carbonyl (C=O) groups excluding carboxylic acids is 1. The van der Waals surface area contributed by atoms with Crippen LogP contribution in [0.3, 0.4) is 0 Å². The highest BCUT2D eigenvalue weighted by atomic mass is 16.1. The van der Waals surface area contributed by atoms with Crippen LogP contribution in [0.2, 0.25) is 0 Å². The van der Waals surface area contributed by atoms with Crippen molar-refractivity contribution < 1.29 is 4.79 Å². The number of rotatable bonds is 5. The predicted molar refractivity (Wildman–Crippen MR) is 87.2 cm³/mol. The maximum absolute atomic E-state index is 12.2. The minimum absolute atomic E-state index is 0.0596. The molecule has 7 nitrogen and oxygen atoms in total. The van der Waals surface area contributed by atoms with Gasteiger partial charge in [-0.05, 0) is 31.5 Å². The number of anilines is 1. The first-order chi connectivity index (χ1) is 11.1. The second-order valence-electron chi connectivity index (χ2n) is 5.48. The van der Waals surface area contributed by atoms with Gasteiger partial charge in [0.15, 0.2) is 5.65 Å². The largest absolute Gasteiger partial charge is 0.366 e. The van der Waals surface area contributed by atoms with Gasteiger partial charge in [-0.25, -0.2) is 9.50 Å². The van der Waals surface area contributed by atoms with Crippen LogP contribution in [-0.2, 0) is 6.54 Å². The van der Waals surface area contributed by atoms with Crippen molar-refractivity contribution in [3.63, 3.8) is 0 Å². The van der Waals surface area contributed by atoms with Crippen molar-refractivity contribution in [2.24, 2.45) is 0 Å². The molecule has 3 aromatic rings. The molecular weight excluding hydrogens is 292 g/mol. The van der Waals surface area contributed by atoms with Crippen molar-refractivity contribution in [3.8, 4) is 0 Å². The van der Waals surface area contributed by atoms with Crippen LogP contribution in [0.15, 0.2) is 43.0 Å². The van der Waals surface area contributed by atoms with Gasteiger partial charge < -0.3 is 10.6 Å². The second kappa shape index (κ2) is 6.43. The van der Waals surface area contributed by atoms with E-state index in [0.717, 1.165) is 5.56 Å². The molecule has 0 aliphatic rings. The smallest absolute Gasteiger partial charge is 0.256 e. The molecule has 0 aliphatic heterocycles. The van der Waals surface area contributed by atoms with Crippen LogP contribution in [0.4, 0.5) is 5.82 Å². The fourth-order valence-electron chi connectivity index (χ4n) is 2.16. The van der Waals surface area contributed by atoms with E-state index in [2.05, 4.69) is 25.7 Å². The maximum atomic E-state index is 12.2. The van der Waals surface area contributed by atoms with Crippen LogP contribution >= 0.6 is 0 Å². The Kier molecular flexibility index (Phi) is 4.18. The van der Waals surface area contributed by atoms with Gasteiger partial charge in [0, 0.05) is 31.2 Å². The molecule has 0 aromatic carbocycles. The number of pyridine rings is 1. The van der Waals surface area contributed by atoms with Crippen LogP contribution < -0.4 is 10.6 Å². The Labute approximate surface area is 133 Å². The monoisotopic (exact) mass is 310 g/mol. The molecule has 3 heterocycles. The average Bonchev–Trinajstić information content (AvgIpc) is 2.96. The van der Waals surface area contributed by atoms with Crippen LogP contribution in [0, 0.1) is 0 Å². The van der Waals surface area contributed by atoms with Gasteiger partial charge in [0.25, 0.3) is 5.91 Å². The minimum atomic E-state index is -0.174. The summed E-state index contributed by atoms with van der Waals surface area (Å²) < 4.78 is 1.59. The summed E-state index contributed by atoms with van der Waals surface area (Å²) in [6, 6.07) is 5.75. The lowest BCUT2D eigenvalue weighted by Gasteiger charge is -2.08. The molecule has 0 aliphatic carbocycles. The van der Waals surface area contributed by atoms with E-state index in [-0.39, 0.29) is 11.9 Å². The molecule has 0 fully saturated rings. The fourth-order valence-corrected chi connectivity index (χ4v) is 2.16. The lowest BCUT2D eigenvalue weighted by atomic mass is 10.3. The fraction of sp³-hybridized carbons (Fsp3) is 0.250. The van der Waals surface area contributed by atoms with Crippen molar-refractivity contribution in [2.75, 3.05) is 5.32 Å². The number of carbonyl (C=O) groups is 1. The van der Waals surface area contributed by atoms with E-state index in [1.807, 2.05) is 32.0 Å². The molecule has 0 bridgehead atoms. The molecule has 2 N–H and O–H groups in total. The van der Waals surface area contributed by atoms with Gasteiger partial charge in [0.05, 0.1) is 6.20 Å². The van der Waals surface area contributed by atoms with E-state index >= 15 is 0 Å². The maximum Gasteiger partial charge on any atom is 0.256 e. The molecule has 23 heavy (non-hydrogen) atoms. The number of fused-ring (bicyclic) bond motifs is 1. The Morgan fingerprint density at radius 3 is 2.91 bits per heavy atom. The molecule has 3 rings (SSSR count). The molecule has 0 atom stereocenters. The molecule has 0 spiro atoms. The number of hydrogen-bond donors (Lipinski definition) is 2. The summed E-state index contributed by atoms with van der Waals surface area (Å²) in [7, 11) is 0. The molecule has 118 valence electrons. The summed E-state index contributed by atoms with van der Waals surface area (Å²) in [5.41, 5.74) is 2.04. The summed E-state index contributed by atoms with van der Waals surface area (Å²) in [6.45, 7) is 4.44. The Balaban J connectivity index is 1.81. The zero-order valence-corrected chi connectivity index (χ0v) is 13.0. The number of amides is 1. The van der Waals surface area contributed by atoms with E-state index in [4.69, 9.17) is 0 Å². The molecule has 7 heteroatoms. The number of nitrogens with zero attached hydrogens (tertiary/aromatic N) is 4. The molecule has 0 radical (unpaired) electrons. The molecule has 0 saturated heterocycles. The van der Waals surface area contributed by atoms with Gasteiger partial charge in [-0.1, -0.05) is 6.07 Å². The lowest BCUT2D eigenvalue weighted by Crippen LogP contribution is -2.30. The lowest BCUT2D eigenvalue weighted by molar-refractivity contribution is 0.0944. The third-order valence-corrected chi connectivity index (χ3v) is 3.23. The first kappa shape index (κ1) is 15.0. The summed E-state index contributed by atoms with van der Waals surface area (Å²) in [4.78, 5) is 20.8. The third-order valence-electron chi connectivity index (χ3n) is 3.23. The third kappa shape index (κ3) is 3.45. The number of nitrogens with one attached hydrogen (secondary N) is 2. The summed E-state index contributed by atoms with van der Waals surface area (Å²) in [6.07, 6.45) is 6.84. The normalized spacial score (nSPS) is 10.9. The van der Waals surface area contributed by atoms with Gasteiger partial charge in [-0.15, -0.1) is 0 Å². The summed E-state index contributed by atoms with van der Waals surface area (Å²) in [5.74, 6) is 0.507. The zero-order chi connectivity index (χ0) is 16.2. The van der Waals surface area contributed by atoms with Gasteiger partial charge in [-0.2, -0.15) is 5.10 Å². The SMILES string of the molecule is CC(C)NC(=O)c1cnn2ccc(NCc3cccnc3)nc12. The van der Waals surface area contributed by atoms with E-state index < -0.39 is 0 Å². The van der Waals surface area contributed by atoms with Crippen LogP contribution in [0.25, 0.3) is 5.65 Å².